The summed E-state index contributed by atoms with van der Waals surface area (Å²) in [6, 6.07) is 13.5. The molecule has 0 atom stereocenters. The van der Waals surface area contributed by atoms with Crippen LogP contribution in [-0.2, 0) is 11.4 Å². The summed E-state index contributed by atoms with van der Waals surface area (Å²) < 4.78 is 5.64. The third kappa shape index (κ3) is 4.49. The maximum Gasteiger partial charge on any atom is 0.346 e. The SMILES string of the molecule is N#CC(=Cc1cccc(OCc2c(Cl)cccc2Cl)c1)C(=O)O. The number of halogens is 2. The van der Waals surface area contributed by atoms with E-state index in [1.165, 1.54) is 6.08 Å². The molecule has 0 heterocycles. The van der Waals surface area contributed by atoms with E-state index in [1.807, 2.05) is 0 Å². The summed E-state index contributed by atoms with van der Waals surface area (Å²) in [5, 5.41) is 18.7. The number of carbonyl (C=O) groups is 1. The van der Waals surface area contributed by atoms with Crippen LogP contribution in [0.2, 0.25) is 10.0 Å². The van der Waals surface area contributed by atoms with Gasteiger partial charge in [-0.1, -0.05) is 41.4 Å². The first-order valence-electron chi connectivity index (χ1n) is 6.52. The number of rotatable bonds is 5. The summed E-state index contributed by atoms with van der Waals surface area (Å²) in [6.45, 7) is 0.176. The van der Waals surface area contributed by atoms with Crippen LogP contribution in [0.25, 0.3) is 6.08 Å². The van der Waals surface area contributed by atoms with E-state index >= 15 is 0 Å². The predicted molar refractivity (Wildman–Crippen MR) is 88.5 cm³/mol. The lowest BCUT2D eigenvalue weighted by Gasteiger charge is -2.10. The lowest BCUT2D eigenvalue weighted by Crippen LogP contribution is -1.98. The highest BCUT2D eigenvalue weighted by molar-refractivity contribution is 6.35. The monoisotopic (exact) mass is 347 g/mol. The normalized spacial score (nSPS) is 10.9. The molecule has 2 aromatic carbocycles. The van der Waals surface area contributed by atoms with Crippen molar-refractivity contribution in [2.75, 3.05) is 0 Å². The van der Waals surface area contributed by atoms with Gasteiger partial charge in [0.05, 0.1) is 0 Å². The van der Waals surface area contributed by atoms with Gasteiger partial charge in [-0.2, -0.15) is 5.26 Å². The van der Waals surface area contributed by atoms with Gasteiger partial charge in [-0.3, -0.25) is 0 Å². The van der Waals surface area contributed by atoms with Crippen LogP contribution in [-0.4, -0.2) is 11.1 Å². The van der Waals surface area contributed by atoms with Gasteiger partial charge in [0.1, 0.15) is 24.0 Å². The van der Waals surface area contributed by atoms with Gasteiger partial charge in [-0.15, -0.1) is 0 Å². The van der Waals surface area contributed by atoms with Crippen molar-refractivity contribution in [3.63, 3.8) is 0 Å². The van der Waals surface area contributed by atoms with Crippen molar-refractivity contribution in [1.82, 2.24) is 0 Å². The van der Waals surface area contributed by atoms with Crippen LogP contribution >= 0.6 is 23.2 Å². The van der Waals surface area contributed by atoms with Crippen LogP contribution in [0.5, 0.6) is 5.75 Å². The molecule has 0 aliphatic rings. The molecule has 116 valence electrons. The molecule has 0 spiro atoms. The van der Waals surface area contributed by atoms with Gasteiger partial charge >= 0.3 is 5.97 Å². The Morgan fingerprint density at radius 2 is 1.87 bits per heavy atom. The highest BCUT2D eigenvalue weighted by atomic mass is 35.5. The molecule has 0 fully saturated rings. The zero-order chi connectivity index (χ0) is 16.8. The van der Waals surface area contributed by atoms with Crippen molar-refractivity contribution in [2.45, 2.75) is 6.61 Å². The smallest absolute Gasteiger partial charge is 0.346 e. The molecule has 2 aromatic rings. The Labute approximate surface area is 143 Å². The number of aliphatic carboxylic acids is 1. The second-order valence-electron chi connectivity index (χ2n) is 4.54. The van der Waals surface area contributed by atoms with E-state index in [9.17, 15) is 4.79 Å². The van der Waals surface area contributed by atoms with E-state index in [4.69, 9.17) is 38.3 Å². The summed E-state index contributed by atoms with van der Waals surface area (Å²) in [7, 11) is 0. The molecule has 0 saturated heterocycles. The van der Waals surface area contributed by atoms with Crippen molar-refractivity contribution in [3.8, 4) is 11.8 Å². The van der Waals surface area contributed by atoms with Crippen LogP contribution in [0.4, 0.5) is 0 Å². The molecule has 0 radical (unpaired) electrons. The fourth-order valence-electron chi connectivity index (χ4n) is 1.83. The van der Waals surface area contributed by atoms with E-state index in [0.717, 1.165) is 0 Å². The van der Waals surface area contributed by atoms with Crippen LogP contribution in [0.1, 0.15) is 11.1 Å². The predicted octanol–water partition coefficient (Wildman–Crippen LogP) is 4.56. The van der Waals surface area contributed by atoms with Crippen molar-refractivity contribution in [1.29, 1.82) is 5.26 Å². The Kier molecular flexibility index (Phi) is 5.64. The summed E-state index contributed by atoms with van der Waals surface area (Å²) in [6.07, 6.45) is 1.28. The van der Waals surface area contributed by atoms with Crippen LogP contribution in [0.3, 0.4) is 0 Å². The Bertz CT molecular complexity index is 789. The van der Waals surface area contributed by atoms with Gasteiger partial charge in [-0.05, 0) is 35.9 Å². The highest BCUT2D eigenvalue weighted by Crippen LogP contribution is 2.26. The fraction of sp³-hybridized carbons (Fsp3) is 0.0588. The largest absolute Gasteiger partial charge is 0.489 e. The Morgan fingerprint density at radius 3 is 2.48 bits per heavy atom. The van der Waals surface area contributed by atoms with Crippen molar-refractivity contribution in [3.05, 3.63) is 69.2 Å². The van der Waals surface area contributed by atoms with Crippen LogP contribution in [0, 0.1) is 11.3 Å². The number of carboxylic acids is 1. The first-order valence-corrected chi connectivity index (χ1v) is 7.27. The Hall–Kier alpha value is -2.48. The van der Waals surface area contributed by atoms with Crippen molar-refractivity contribution >= 4 is 35.2 Å². The topological polar surface area (TPSA) is 70.3 Å². The Balaban J connectivity index is 2.18. The molecule has 0 aliphatic carbocycles. The van der Waals surface area contributed by atoms with E-state index in [2.05, 4.69) is 0 Å². The minimum atomic E-state index is -1.28. The molecule has 4 nitrogen and oxygen atoms in total. The van der Waals surface area contributed by atoms with Gasteiger partial charge in [0.15, 0.2) is 0 Å². The molecular weight excluding hydrogens is 337 g/mol. The van der Waals surface area contributed by atoms with E-state index < -0.39 is 5.97 Å². The van der Waals surface area contributed by atoms with Gasteiger partial charge in [0, 0.05) is 15.6 Å². The number of hydrogen-bond donors (Lipinski definition) is 1. The highest BCUT2D eigenvalue weighted by Gasteiger charge is 2.08. The minimum Gasteiger partial charge on any atom is -0.489 e. The first kappa shape index (κ1) is 16.9. The van der Waals surface area contributed by atoms with Crippen LogP contribution in [0.15, 0.2) is 48.0 Å². The zero-order valence-corrected chi connectivity index (χ0v) is 13.3. The molecule has 0 amide bonds. The summed E-state index contributed by atoms with van der Waals surface area (Å²) >= 11 is 12.1. The van der Waals surface area contributed by atoms with E-state index in [0.29, 0.717) is 26.9 Å². The number of hydrogen-bond acceptors (Lipinski definition) is 3. The molecule has 1 N–H and O–H groups in total. The lowest BCUT2D eigenvalue weighted by molar-refractivity contribution is -0.132. The minimum absolute atomic E-state index is 0.176. The molecule has 0 unspecified atom stereocenters. The molecule has 0 aromatic heterocycles. The number of carboxylic acid groups (broad SMARTS) is 1. The zero-order valence-electron chi connectivity index (χ0n) is 11.8. The van der Waals surface area contributed by atoms with E-state index in [-0.39, 0.29) is 12.2 Å². The molecule has 0 saturated carbocycles. The Morgan fingerprint density at radius 1 is 1.22 bits per heavy atom. The molecule has 0 bridgehead atoms. The number of nitriles is 1. The molecule has 23 heavy (non-hydrogen) atoms. The van der Waals surface area contributed by atoms with Crippen LogP contribution < -0.4 is 4.74 Å². The molecule has 6 heteroatoms. The third-order valence-corrected chi connectivity index (χ3v) is 3.67. The van der Waals surface area contributed by atoms with Gasteiger partial charge in [0.2, 0.25) is 0 Å². The molecular formula is C17H11Cl2NO3. The maximum absolute atomic E-state index is 10.9. The maximum atomic E-state index is 10.9. The van der Waals surface area contributed by atoms with E-state index in [1.54, 1.807) is 48.5 Å². The summed E-state index contributed by atoms with van der Waals surface area (Å²) in [5.41, 5.74) is 0.864. The van der Waals surface area contributed by atoms with Crippen molar-refractivity contribution < 1.29 is 14.6 Å². The third-order valence-electron chi connectivity index (χ3n) is 2.96. The van der Waals surface area contributed by atoms with Gasteiger partial charge in [0.25, 0.3) is 0 Å². The number of ether oxygens (including phenoxy) is 1. The first-order chi connectivity index (χ1) is 11.0. The lowest BCUT2D eigenvalue weighted by atomic mass is 10.1. The fourth-order valence-corrected chi connectivity index (χ4v) is 2.33. The summed E-state index contributed by atoms with van der Waals surface area (Å²) in [4.78, 5) is 10.9. The second kappa shape index (κ2) is 7.68. The quantitative estimate of drug-likeness (QED) is 0.635. The van der Waals surface area contributed by atoms with Crippen molar-refractivity contribution in [2.24, 2.45) is 0 Å². The van der Waals surface area contributed by atoms with Gasteiger partial charge in [-0.25, -0.2) is 4.79 Å². The second-order valence-corrected chi connectivity index (χ2v) is 5.35. The number of nitrogens with zero attached hydrogens (tertiary/aromatic N) is 1. The van der Waals surface area contributed by atoms with Gasteiger partial charge < -0.3 is 9.84 Å². The standard InChI is InChI=1S/C17H11Cl2NO3/c18-15-5-2-6-16(19)14(15)10-23-13-4-1-3-11(8-13)7-12(9-20)17(21)22/h1-8H,10H2,(H,21,22). The number of benzene rings is 2. The average molecular weight is 348 g/mol. The summed E-state index contributed by atoms with van der Waals surface area (Å²) in [5.74, 6) is -0.765. The molecule has 0 aliphatic heterocycles. The molecule has 2 rings (SSSR count). The average Bonchev–Trinajstić information content (AvgIpc) is 2.52.